The van der Waals surface area contributed by atoms with E-state index in [1.54, 1.807) is 6.07 Å². The Morgan fingerprint density at radius 3 is 2.45 bits per heavy atom. The van der Waals surface area contributed by atoms with Crippen molar-refractivity contribution in [3.63, 3.8) is 0 Å². The van der Waals surface area contributed by atoms with E-state index in [-0.39, 0.29) is 5.54 Å². The summed E-state index contributed by atoms with van der Waals surface area (Å²) in [4.78, 5) is 5.43. The third-order valence-electron chi connectivity index (χ3n) is 4.90. The Labute approximate surface area is 116 Å². The minimum Gasteiger partial charge on any atom is -0.371 e. The number of aromatic nitrogens is 1. The van der Waals surface area contributed by atoms with E-state index >= 15 is 0 Å². The summed E-state index contributed by atoms with van der Waals surface area (Å²) in [5.41, 5.74) is 5.93. The van der Waals surface area contributed by atoms with Gasteiger partial charge in [-0.05, 0) is 43.7 Å². The van der Waals surface area contributed by atoms with E-state index in [4.69, 9.17) is 5.73 Å². The van der Waals surface area contributed by atoms with Gasteiger partial charge >= 0.3 is 6.18 Å². The van der Waals surface area contributed by atoms with Crippen molar-refractivity contribution in [1.29, 1.82) is 0 Å². The molecule has 2 heterocycles. The van der Waals surface area contributed by atoms with Crippen molar-refractivity contribution in [2.75, 3.05) is 18.0 Å². The molecule has 0 radical (unpaired) electrons. The molecule has 1 aliphatic carbocycles. The molecule has 2 aliphatic rings. The van der Waals surface area contributed by atoms with Gasteiger partial charge in [0.15, 0.2) is 0 Å². The topological polar surface area (TPSA) is 42.1 Å². The Bertz CT molecular complexity index is 497. The molecule has 1 saturated carbocycles. The molecular formula is C14H18F3N3. The van der Waals surface area contributed by atoms with Gasteiger partial charge in [0.2, 0.25) is 0 Å². The Morgan fingerprint density at radius 1 is 1.30 bits per heavy atom. The Morgan fingerprint density at radius 2 is 1.90 bits per heavy atom. The average Bonchev–Trinajstić information content (AvgIpc) is 2.57. The summed E-state index contributed by atoms with van der Waals surface area (Å²) >= 11 is 0. The molecule has 2 N–H and O–H groups in total. The molecule has 2 unspecified atom stereocenters. The number of pyridine rings is 1. The standard InChI is InChI=1S/C14H18F3N3/c1-13(18)9-2-3-10(13)8-20(7-9)11-4-5-19-12(6-11)14(15,16)17/h4-6,9-10H,2-3,7-8,18H2,1H3. The minimum absolute atomic E-state index is 0.184. The molecule has 2 bridgehead atoms. The lowest BCUT2D eigenvalue weighted by Crippen LogP contribution is -2.57. The number of hydrogen-bond acceptors (Lipinski definition) is 3. The van der Waals surface area contributed by atoms with Gasteiger partial charge < -0.3 is 10.6 Å². The van der Waals surface area contributed by atoms with Crippen LogP contribution in [0.25, 0.3) is 0 Å². The van der Waals surface area contributed by atoms with Crippen molar-refractivity contribution in [3.8, 4) is 0 Å². The largest absolute Gasteiger partial charge is 0.433 e. The number of halogens is 3. The number of nitrogens with two attached hydrogens (primary N) is 1. The Kier molecular flexibility index (Phi) is 2.97. The van der Waals surface area contributed by atoms with Crippen LogP contribution in [0.3, 0.4) is 0 Å². The zero-order valence-corrected chi connectivity index (χ0v) is 11.3. The predicted octanol–water partition coefficient (Wildman–Crippen LogP) is 2.66. The summed E-state index contributed by atoms with van der Waals surface area (Å²) in [6.45, 7) is 3.52. The SMILES string of the molecule is CC1(N)C2CCC1CN(c1ccnc(C(F)(F)F)c1)C2. The maximum absolute atomic E-state index is 12.7. The first-order valence-electron chi connectivity index (χ1n) is 6.85. The van der Waals surface area contributed by atoms with Crippen LogP contribution in [0.5, 0.6) is 0 Å². The van der Waals surface area contributed by atoms with E-state index in [1.165, 1.54) is 6.20 Å². The molecule has 0 aromatic carbocycles. The number of anilines is 1. The Hall–Kier alpha value is -1.30. The van der Waals surface area contributed by atoms with Gasteiger partial charge in [-0.25, -0.2) is 0 Å². The van der Waals surface area contributed by atoms with Crippen molar-refractivity contribution < 1.29 is 13.2 Å². The molecule has 2 atom stereocenters. The molecule has 6 heteroatoms. The van der Waals surface area contributed by atoms with Crippen molar-refractivity contribution in [2.45, 2.75) is 31.5 Å². The smallest absolute Gasteiger partial charge is 0.371 e. The molecule has 3 nitrogen and oxygen atoms in total. The van der Waals surface area contributed by atoms with Crippen LogP contribution in [0.15, 0.2) is 18.3 Å². The summed E-state index contributed by atoms with van der Waals surface area (Å²) in [5, 5.41) is 0. The lowest BCUT2D eigenvalue weighted by Gasteiger charge is -2.44. The maximum Gasteiger partial charge on any atom is 0.433 e. The molecule has 1 aromatic heterocycles. The van der Waals surface area contributed by atoms with Crippen LogP contribution in [0.1, 0.15) is 25.5 Å². The second-order valence-electron chi connectivity index (χ2n) is 6.14. The molecule has 3 rings (SSSR count). The maximum atomic E-state index is 12.7. The van der Waals surface area contributed by atoms with Gasteiger partial charge in [0.05, 0.1) is 0 Å². The van der Waals surface area contributed by atoms with Gasteiger partial charge in [0, 0.05) is 30.5 Å². The summed E-state index contributed by atoms with van der Waals surface area (Å²) in [6.07, 6.45) is -1.04. The highest BCUT2D eigenvalue weighted by Crippen LogP contribution is 2.44. The highest BCUT2D eigenvalue weighted by atomic mass is 19.4. The minimum atomic E-state index is -4.40. The quantitative estimate of drug-likeness (QED) is 0.862. The fourth-order valence-electron chi connectivity index (χ4n) is 3.52. The molecule has 1 aliphatic heterocycles. The number of hydrogen-bond donors (Lipinski definition) is 1. The molecular weight excluding hydrogens is 267 g/mol. The van der Waals surface area contributed by atoms with E-state index in [0.29, 0.717) is 17.5 Å². The summed E-state index contributed by atoms with van der Waals surface area (Å²) in [5.74, 6) is 0.701. The fourth-order valence-corrected chi connectivity index (χ4v) is 3.52. The summed E-state index contributed by atoms with van der Waals surface area (Å²) < 4.78 is 38.2. The van der Waals surface area contributed by atoms with E-state index in [9.17, 15) is 13.2 Å². The highest BCUT2D eigenvalue weighted by molar-refractivity contribution is 5.48. The normalized spacial score (nSPS) is 33.5. The zero-order valence-electron chi connectivity index (χ0n) is 11.3. The van der Waals surface area contributed by atoms with E-state index < -0.39 is 11.9 Å². The van der Waals surface area contributed by atoms with Crippen LogP contribution >= 0.6 is 0 Å². The van der Waals surface area contributed by atoms with Crippen LogP contribution in [-0.4, -0.2) is 23.6 Å². The van der Waals surface area contributed by atoms with Gasteiger partial charge in [0.25, 0.3) is 0 Å². The van der Waals surface area contributed by atoms with Crippen molar-refractivity contribution in [3.05, 3.63) is 24.0 Å². The monoisotopic (exact) mass is 285 g/mol. The van der Waals surface area contributed by atoms with Gasteiger partial charge in [-0.15, -0.1) is 0 Å². The first-order chi connectivity index (χ1) is 9.28. The fraction of sp³-hybridized carbons (Fsp3) is 0.643. The van der Waals surface area contributed by atoms with Crippen LogP contribution in [-0.2, 0) is 6.18 Å². The summed E-state index contributed by atoms with van der Waals surface area (Å²) in [7, 11) is 0. The molecule has 1 aromatic rings. The van der Waals surface area contributed by atoms with Crippen molar-refractivity contribution in [2.24, 2.45) is 17.6 Å². The van der Waals surface area contributed by atoms with Crippen molar-refractivity contribution >= 4 is 5.69 Å². The number of rotatable bonds is 1. The highest BCUT2D eigenvalue weighted by Gasteiger charge is 2.48. The average molecular weight is 285 g/mol. The van der Waals surface area contributed by atoms with Gasteiger partial charge in [-0.1, -0.05) is 0 Å². The first-order valence-corrected chi connectivity index (χ1v) is 6.85. The number of alkyl halides is 3. The number of nitrogens with zero attached hydrogens (tertiary/aromatic N) is 2. The van der Waals surface area contributed by atoms with Crippen LogP contribution in [0, 0.1) is 11.8 Å². The third kappa shape index (κ3) is 2.16. The molecule has 110 valence electrons. The third-order valence-corrected chi connectivity index (χ3v) is 4.90. The van der Waals surface area contributed by atoms with Crippen LogP contribution in [0.2, 0.25) is 0 Å². The predicted molar refractivity (Wildman–Crippen MR) is 70.3 cm³/mol. The number of fused-ring (bicyclic) bond motifs is 2. The second kappa shape index (κ2) is 4.35. The van der Waals surface area contributed by atoms with E-state index in [2.05, 4.69) is 11.9 Å². The number of piperidine rings is 1. The Balaban J connectivity index is 1.85. The van der Waals surface area contributed by atoms with Crippen molar-refractivity contribution in [1.82, 2.24) is 4.98 Å². The molecule has 20 heavy (non-hydrogen) atoms. The van der Waals surface area contributed by atoms with Gasteiger partial charge in [-0.2, -0.15) is 13.2 Å². The summed E-state index contributed by atoms with van der Waals surface area (Å²) in [6, 6.07) is 2.78. The molecule has 2 fully saturated rings. The van der Waals surface area contributed by atoms with E-state index in [1.807, 2.05) is 4.90 Å². The first kappa shape index (κ1) is 13.7. The van der Waals surface area contributed by atoms with Gasteiger partial charge in [0.1, 0.15) is 5.69 Å². The lowest BCUT2D eigenvalue weighted by atomic mass is 9.79. The zero-order chi connectivity index (χ0) is 14.5. The molecule has 0 amide bonds. The van der Waals surface area contributed by atoms with Gasteiger partial charge in [-0.3, -0.25) is 4.98 Å². The van der Waals surface area contributed by atoms with Crippen LogP contribution < -0.4 is 10.6 Å². The molecule has 1 saturated heterocycles. The molecule has 0 spiro atoms. The van der Waals surface area contributed by atoms with E-state index in [0.717, 1.165) is 32.0 Å². The second-order valence-corrected chi connectivity index (χ2v) is 6.14. The lowest BCUT2D eigenvalue weighted by molar-refractivity contribution is -0.141. The van der Waals surface area contributed by atoms with Crippen LogP contribution in [0.4, 0.5) is 18.9 Å².